The number of piperazine rings is 1. The normalized spacial score (nSPS) is 30.3. The van der Waals surface area contributed by atoms with E-state index < -0.39 is 0 Å². The van der Waals surface area contributed by atoms with Crippen LogP contribution >= 0.6 is 23.2 Å². The van der Waals surface area contributed by atoms with Crippen molar-refractivity contribution in [2.45, 2.75) is 63.5 Å². The summed E-state index contributed by atoms with van der Waals surface area (Å²) in [5, 5.41) is 1.05. The molecule has 0 spiro atoms. The minimum absolute atomic E-state index is 0.224. The molecule has 0 N–H and O–H groups in total. The molecule has 4 aliphatic rings. The molecule has 31 heavy (non-hydrogen) atoms. The van der Waals surface area contributed by atoms with E-state index in [9.17, 15) is 4.79 Å². The van der Waals surface area contributed by atoms with Gasteiger partial charge in [0.1, 0.15) is 0 Å². The smallest absolute Gasteiger partial charge is 0.227 e. The fourth-order valence-electron chi connectivity index (χ4n) is 6.37. The fraction of sp³-hybridized carbons (Fsp3) is 0.720. The van der Waals surface area contributed by atoms with Gasteiger partial charge >= 0.3 is 0 Å². The molecule has 3 atom stereocenters. The van der Waals surface area contributed by atoms with Gasteiger partial charge in [0, 0.05) is 25.6 Å². The molecule has 6 heteroatoms. The van der Waals surface area contributed by atoms with E-state index in [0.29, 0.717) is 34.3 Å². The fourth-order valence-corrected chi connectivity index (χ4v) is 6.69. The molecule has 0 radical (unpaired) electrons. The lowest BCUT2D eigenvalue weighted by Gasteiger charge is -2.55. The standard InChI is InChI=1S/C25H34Cl2N2O2/c26-21-9-8-18(12-22(21)27)13-24(30)29-11-10-28(14-17-4-3-5-17)23-16-31-15-20(25(23)29)19-6-1-2-7-19/h8-9,12,17,19-20,23,25H,1-7,10-11,13-16H2/t20-,23-,25-/m1/s1. The summed E-state index contributed by atoms with van der Waals surface area (Å²) in [7, 11) is 0. The Kier molecular flexibility index (Phi) is 6.81. The van der Waals surface area contributed by atoms with Gasteiger partial charge in [0.15, 0.2) is 0 Å². The first-order valence-corrected chi connectivity index (χ1v) is 12.9. The van der Waals surface area contributed by atoms with Crippen LogP contribution in [0, 0.1) is 17.8 Å². The van der Waals surface area contributed by atoms with Gasteiger partial charge in [-0.25, -0.2) is 0 Å². The maximum absolute atomic E-state index is 13.6. The van der Waals surface area contributed by atoms with Crippen molar-refractivity contribution >= 4 is 29.1 Å². The lowest BCUT2D eigenvalue weighted by Crippen LogP contribution is -2.68. The molecule has 5 rings (SSSR count). The first-order valence-electron chi connectivity index (χ1n) is 12.2. The Morgan fingerprint density at radius 3 is 2.52 bits per heavy atom. The summed E-state index contributed by atoms with van der Waals surface area (Å²) in [6, 6.07) is 6.17. The maximum Gasteiger partial charge on any atom is 0.227 e. The van der Waals surface area contributed by atoms with Gasteiger partial charge in [-0.2, -0.15) is 0 Å². The second-order valence-electron chi connectivity index (χ2n) is 10.1. The van der Waals surface area contributed by atoms with Crippen molar-refractivity contribution in [2.75, 3.05) is 32.8 Å². The van der Waals surface area contributed by atoms with E-state index in [1.165, 1.54) is 51.5 Å². The first-order chi connectivity index (χ1) is 15.1. The third-order valence-corrected chi connectivity index (χ3v) is 9.01. The Bertz CT molecular complexity index is 794. The van der Waals surface area contributed by atoms with E-state index in [1.54, 1.807) is 6.07 Å². The molecule has 1 aromatic rings. The van der Waals surface area contributed by atoms with Gasteiger partial charge in [-0.05, 0) is 42.4 Å². The number of fused-ring (bicyclic) bond motifs is 1. The molecule has 2 saturated heterocycles. The van der Waals surface area contributed by atoms with Crippen LogP contribution in [0.3, 0.4) is 0 Å². The minimum Gasteiger partial charge on any atom is -0.379 e. The van der Waals surface area contributed by atoms with Gasteiger partial charge < -0.3 is 9.64 Å². The predicted molar refractivity (Wildman–Crippen MR) is 125 cm³/mol. The summed E-state index contributed by atoms with van der Waals surface area (Å²) in [5.74, 6) is 2.22. The largest absolute Gasteiger partial charge is 0.379 e. The molecule has 170 valence electrons. The Morgan fingerprint density at radius 1 is 1.00 bits per heavy atom. The van der Waals surface area contributed by atoms with E-state index in [4.69, 9.17) is 27.9 Å². The van der Waals surface area contributed by atoms with Crippen molar-refractivity contribution < 1.29 is 9.53 Å². The van der Waals surface area contributed by atoms with Crippen molar-refractivity contribution in [1.29, 1.82) is 0 Å². The van der Waals surface area contributed by atoms with Gasteiger partial charge in [0.25, 0.3) is 0 Å². The summed E-state index contributed by atoms with van der Waals surface area (Å²) in [5.41, 5.74) is 0.942. The van der Waals surface area contributed by atoms with Crippen molar-refractivity contribution in [2.24, 2.45) is 17.8 Å². The molecule has 4 fully saturated rings. The van der Waals surface area contributed by atoms with Crippen molar-refractivity contribution in [3.63, 3.8) is 0 Å². The van der Waals surface area contributed by atoms with Gasteiger partial charge in [-0.3, -0.25) is 9.69 Å². The number of nitrogens with zero attached hydrogens (tertiary/aromatic N) is 2. The quantitative estimate of drug-likeness (QED) is 0.610. The van der Waals surface area contributed by atoms with Gasteiger partial charge in [0.05, 0.1) is 41.8 Å². The number of rotatable bonds is 5. The molecule has 2 aliphatic heterocycles. The van der Waals surface area contributed by atoms with Crippen LogP contribution in [0.1, 0.15) is 50.5 Å². The molecular weight excluding hydrogens is 431 g/mol. The zero-order valence-electron chi connectivity index (χ0n) is 18.3. The summed E-state index contributed by atoms with van der Waals surface area (Å²) in [6.07, 6.45) is 9.71. The number of hydrogen-bond donors (Lipinski definition) is 0. The molecule has 2 heterocycles. The minimum atomic E-state index is 0.224. The van der Waals surface area contributed by atoms with Gasteiger partial charge in [-0.15, -0.1) is 0 Å². The summed E-state index contributed by atoms with van der Waals surface area (Å²) in [6.45, 7) is 4.54. The number of hydrogen-bond acceptors (Lipinski definition) is 3. The molecular formula is C25H34Cl2N2O2. The van der Waals surface area contributed by atoms with Crippen LogP contribution in [0.15, 0.2) is 18.2 Å². The zero-order valence-corrected chi connectivity index (χ0v) is 19.8. The average Bonchev–Trinajstić information content (AvgIpc) is 3.27. The van der Waals surface area contributed by atoms with Crippen LogP contribution in [-0.4, -0.2) is 60.6 Å². The molecule has 1 amide bonds. The van der Waals surface area contributed by atoms with Crippen LogP contribution in [-0.2, 0) is 16.0 Å². The van der Waals surface area contributed by atoms with Gasteiger partial charge in [0.2, 0.25) is 5.91 Å². The van der Waals surface area contributed by atoms with E-state index in [2.05, 4.69) is 9.80 Å². The van der Waals surface area contributed by atoms with Crippen molar-refractivity contribution in [3.05, 3.63) is 33.8 Å². The molecule has 2 saturated carbocycles. The number of ether oxygens (including phenoxy) is 1. The van der Waals surface area contributed by atoms with Crippen LogP contribution in [0.25, 0.3) is 0 Å². The zero-order chi connectivity index (χ0) is 21.4. The molecule has 0 aromatic heterocycles. The number of halogens is 2. The van der Waals surface area contributed by atoms with E-state index in [1.807, 2.05) is 12.1 Å². The SMILES string of the molecule is O=C(Cc1ccc(Cl)c(Cl)c1)N1CCN(CC2CCC2)[C@@H]2COC[C@H](C3CCCC3)[C@H]21. The lowest BCUT2D eigenvalue weighted by molar-refractivity contribution is -0.155. The molecule has 1 aromatic carbocycles. The number of amides is 1. The highest BCUT2D eigenvalue weighted by molar-refractivity contribution is 6.42. The Balaban J connectivity index is 1.37. The lowest BCUT2D eigenvalue weighted by atomic mass is 9.77. The molecule has 0 bridgehead atoms. The molecule has 0 unspecified atom stereocenters. The van der Waals surface area contributed by atoms with Crippen LogP contribution in [0.4, 0.5) is 0 Å². The first kappa shape index (κ1) is 22.0. The average molecular weight is 465 g/mol. The van der Waals surface area contributed by atoms with Crippen LogP contribution in [0.2, 0.25) is 10.0 Å². The summed E-state index contributed by atoms with van der Waals surface area (Å²) >= 11 is 12.3. The highest BCUT2D eigenvalue weighted by Crippen LogP contribution is 2.41. The highest BCUT2D eigenvalue weighted by Gasteiger charge is 2.48. The van der Waals surface area contributed by atoms with Crippen LogP contribution in [0.5, 0.6) is 0 Å². The number of benzene rings is 1. The summed E-state index contributed by atoms with van der Waals surface area (Å²) in [4.78, 5) is 18.4. The maximum atomic E-state index is 13.6. The summed E-state index contributed by atoms with van der Waals surface area (Å²) < 4.78 is 6.19. The molecule has 2 aliphatic carbocycles. The third-order valence-electron chi connectivity index (χ3n) is 8.27. The Labute approximate surface area is 196 Å². The number of carbonyl (C=O) groups is 1. The van der Waals surface area contributed by atoms with Gasteiger partial charge in [-0.1, -0.05) is 61.4 Å². The second-order valence-corrected chi connectivity index (χ2v) is 10.9. The Hall–Kier alpha value is -0.810. The van der Waals surface area contributed by atoms with Crippen molar-refractivity contribution in [3.8, 4) is 0 Å². The van der Waals surface area contributed by atoms with E-state index in [-0.39, 0.29) is 11.9 Å². The van der Waals surface area contributed by atoms with Crippen molar-refractivity contribution in [1.82, 2.24) is 9.80 Å². The van der Waals surface area contributed by atoms with E-state index in [0.717, 1.165) is 37.8 Å². The monoisotopic (exact) mass is 464 g/mol. The predicted octanol–water partition coefficient (Wildman–Crippen LogP) is 5.05. The Morgan fingerprint density at radius 2 is 1.81 bits per heavy atom. The third kappa shape index (κ3) is 4.64. The van der Waals surface area contributed by atoms with Crippen LogP contribution < -0.4 is 0 Å². The molecule has 4 nitrogen and oxygen atoms in total. The number of carbonyl (C=O) groups excluding carboxylic acids is 1. The highest BCUT2D eigenvalue weighted by atomic mass is 35.5. The van der Waals surface area contributed by atoms with E-state index >= 15 is 0 Å². The second kappa shape index (κ2) is 9.59. The topological polar surface area (TPSA) is 32.8 Å².